The molecule has 6 rings (SSSR count). The molecule has 0 aromatic heterocycles. The van der Waals surface area contributed by atoms with Gasteiger partial charge in [0.2, 0.25) is 0 Å². The summed E-state index contributed by atoms with van der Waals surface area (Å²) >= 11 is -1.43. The van der Waals surface area contributed by atoms with Gasteiger partial charge in [0.25, 0.3) is 0 Å². The summed E-state index contributed by atoms with van der Waals surface area (Å²) in [6.45, 7) is 24.6. The molecule has 0 saturated heterocycles. The maximum atomic E-state index is 2.68. The quantitative estimate of drug-likeness (QED) is 0.196. The summed E-state index contributed by atoms with van der Waals surface area (Å²) in [6, 6.07) is 28.1. The number of rotatable bonds is 12. The van der Waals surface area contributed by atoms with Crippen LogP contribution in [-0.2, 0) is 34.6 Å². The zero-order valence-electron chi connectivity index (χ0n) is 34.8. The summed E-state index contributed by atoms with van der Waals surface area (Å²) in [5, 5.41) is 3.17. The molecule has 3 aliphatic carbocycles. The summed E-state index contributed by atoms with van der Waals surface area (Å²) in [6.07, 6.45) is 17.6. The molecule has 3 aliphatic rings. The molecule has 3 heteroatoms. The second kappa shape index (κ2) is 18.3. The van der Waals surface area contributed by atoms with E-state index in [0.29, 0.717) is 0 Å². The SMILES string of the molecule is CCCC1=C(CCC)C(CCC)(C(C)(C)C)C(C2=CC=CC2)=C2[C]([Zr+2]=[C](c3ccccc3)c3ccccc3)=c3cc(C(C)(C)C)cc(CCC)c3=C12.[Cl-].[Cl-]. The molecular weight excluding hydrogens is 775 g/mol. The van der Waals surface area contributed by atoms with Gasteiger partial charge < -0.3 is 24.8 Å². The Balaban J connectivity index is 0.00000325. The molecule has 3 aromatic carbocycles. The van der Waals surface area contributed by atoms with Crippen LogP contribution < -0.4 is 35.3 Å². The minimum Gasteiger partial charge on any atom is -1.00 e. The fourth-order valence-electron chi connectivity index (χ4n) is 9.64. The Labute approximate surface area is 352 Å². The molecule has 0 spiro atoms. The van der Waals surface area contributed by atoms with E-state index in [1.165, 1.54) is 48.8 Å². The van der Waals surface area contributed by atoms with Gasteiger partial charge in [-0.25, -0.2) is 0 Å². The Morgan fingerprint density at radius 3 is 1.78 bits per heavy atom. The summed E-state index contributed by atoms with van der Waals surface area (Å²) in [7, 11) is 0. The summed E-state index contributed by atoms with van der Waals surface area (Å²) < 4.78 is 3.31. The van der Waals surface area contributed by atoms with E-state index in [1.54, 1.807) is 55.9 Å². The van der Waals surface area contributed by atoms with E-state index in [-0.39, 0.29) is 41.1 Å². The topological polar surface area (TPSA) is 0 Å². The number of hydrogen-bond acceptors (Lipinski definition) is 0. The van der Waals surface area contributed by atoms with Crippen molar-refractivity contribution in [3.05, 3.63) is 152 Å². The largest absolute Gasteiger partial charge is 1.00 e. The molecule has 0 amide bonds. The van der Waals surface area contributed by atoms with Crippen LogP contribution >= 0.6 is 0 Å². The molecular formula is C51H63Cl2Zr. The predicted octanol–water partition coefficient (Wildman–Crippen LogP) is 6.49. The van der Waals surface area contributed by atoms with E-state index in [2.05, 4.69) is 160 Å². The molecule has 0 heterocycles. The van der Waals surface area contributed by atoms with Gasteiger partial charge in [-0.1, -0.05) is 0 Å². The monoisotopic (exact) mass is 835 g/mol. The van der Waals surface area contributed by atoms with Gasteiger partial charge in [-0.15, -0.1) is 0 Å². The van der Waals surface area contributed by atoms with Gasteiger partial charge in [-0.05, 0) is 0 Å². The fraction of sp³-hybridized carbons (Fsp3) is 0.431. The molecule has 1 atom stereocenters. The van der Waals surface area contributed by atoms with Crippen molar-refractivity contribution < 1.29 is 47.6 Å². The normalized spacial score (nSPS) is 17.9. The molecule has 0 bridgehead atoms. The number of fused-ring (bicyclic) bond motifs is 2. The summed E-state index contributed by atoms with van der Waals surface area (Å²) in [5.41, 5.74) is 16.0. The van der Waals surface area contributed by atoms with Crippen LogP contribution in [0.3, 0.4) is 0 Å². The van der Waals surface area contributed by atoms with Crippen LogP contribution in [0.2, 0.25) is 0 Å². The van der Waals surface area contributed by atoms with Gasteiger partial charge in [0.05, 0.1) is 0 Å². The molecule has 0 fully saturated rings. The average molecular weight is 838 g/mol. The Morgan fingerprint density at radius 2 is 1.30 bits per heavy atom. The van der Waals surface area contributed by atoms with Gasteiger partial charge in [0.15, 0.2) is 0 Å². The second-order valence-electron chi connectivity index (χ2n) is 17.5. The first kappa shape index (κ1) is 44.4. The Hall–Kier alpha value is -2.31. The van der Waals surface area contributed by atoms with Crippen LogP contribution in [0.15, 0.2) is 119 Å². The Bertz CT molecular complexity index is 2050. The molecule has 285 valence electrons. The van der Waals surface area contributed by atoms with Crippen LogP contribution in [0.1, 0.15) is 143 Å². The van der Waals surface area contributed by atoms with Crippen molar-refractivity contribution >= 4 is 12.1 Å². The first-order valence-electron chi connectivity index (χ1n) is 20.4. The van der Waals surface area contributed by atoms with E-state index < -0.39 is 22.8 Å². The smallest absolute Gasteiger partial charge is 1.00 e. The molecule has 0 saturated carbocycles. The van der Waals surface area contributed by atoms with Crippen LogP contribution in [0.4, 0.5) is 0 Å². The fourth-order valence-corrected chi connectivity index (χ4v) is 13.5. The van der Waals surface area contributed by atoms with Gasteiger partial charge in [-0.3, -0.25) is 0 Å². The van der Waals surface area contributed by atoms with Gasteiger partial charge in [0.1, 0.15) is 0 Å². The second-order valence-corrected chi connectivity index (χ2v) is 20.5. The van der Waals surface area contributed by atoms with Crippen molar-refractivity contribution in [3.63, 3.8) is 0 Å². The maximum absolute atomic E-state index is 2.68. The van der Waals surface area contributed by atoms with Crippen molar-refractivity contribution in [2.75, 3.05) is 0 Å². The number of hydrogen-bond donors (Lipinski definition) is 0. The van der Waals surface area contributed by atoms with E-state index in [4.69, 9.17) is 0 Å². The predicted molar refractivity (Wildman–Crippen MR) is 224 cm³/mol. The molecule has 0 aliphatic heterocycles. The molecule has 1 unspecified atom stereocenters. The Kier molecular flexibility index (Phi) is 15.1. The van der Waals surface area contributed by atoms with Gasteiger partial charge >= 0.3 is 330 Å². The number of halogens is 2. The molecule has 54 heavy (non-hydrogen) atoms. The zero-order chi connectivity index (χ0) is 37.3. The molecule has 0 N–H and O–H groups in total. The minimum atomic E-state index is -1.43. The Morgan fingerprint density at radius 1 is 0.704 bits per heavy atom. The third-order valence-electron chi connectivity index (χ3n) is 11.9. The molecule has 3 aromatic rings. The first-order chi connectivity index (χ1) is 24.9. The van der Waals surface area contributed by atoms with Crippen molar-refractivity contribution in [2.24, 2.45) is 10.8 Å². The van der Waals surface area contributed by atoms with Crippen molar-refractivity contribution in [1.29, 1.82) is 0 Å². The molecule has 0 radical (unpaired) electrons. The zero-order valence-corrected chi connectivity index (χ0v) is 38.8. The number of aryl methyl sites for hydroxylation is 1. The van der Waals surface area contributed by atoms with Crippen molar-refractivity contribution in [3.8, 4) is 0 Å². The summed E-state index contributed by atoms with van der Waals surface area (Å²) in [4.78, 5) is 0. The number of benzene rings is 3. The summed E-state index contributed by atoms with van der Waals surface area (Å²) in [5.74, 6) is 0. The molecule has 0 nitrogen and oxygen atoms in total. The average Bonchev–Trinajstić information content (AvgIpc) is 3.76. The minimum absolute atomic E-state index is 0. The van der Waals surface area contributed by atoms with Crippen molar-refractivity contribution in [1.82, 2.24) is 0 Å². The van der Waals surface area contributed by atoms with Crippen molar-refractivity contribution in [2.45, 2.75) is 132 Å². The van der Waals surface area contributed by atoms with E-state index in [1.807, 2.05) is 0 Å². The maximum Gasteiger partial charge on any atom is -1.00 e. The first-order valence-corrected chi connectivity index (χ1v) is 22.9. The van der Waals surface area contributed by atoms with Crippen LogP contribution in [0, 0.1) is 10.8 Å². The van der Waals surface area contributed by atoms with Crippen LogP contribution in [0.5, 0.6) is 0 Å². The van der Waals surface area contributed by atoms with Gasteiger partial charge in [0, 0.05) is 0 Å². The van der Waals surface area contributed by atoms with Crippen LogP contribution in [-0.4, -0.2) is 3.21 Å². The van der Waals surface area contributed by atoms with Crippen LogP contribution in [0.25, 0.3) is 8.85 Å². The van der Waals surface area contributed by atoms with Gasteiger partial charge in [-0.2, -0.15) is 0 Å². The third-order valence-corrected chi connectivity index (χ3v) is 15.8. The third kappa shape index (κ3) is 8.09. The van der Waals surface area contributed by atoms with E-state index >= 15 is 0 Å². The standard InChI is InChI=1S/C38H53.C13H10.2ClH.Zr/c1-11-17-27-23-29(36(5,6)7)24-28-25-31-34(33(27)28)30(18-12-2)32(19-13-3)38(22-14-4,37(8,9)10)35(31)26-20-15-16-21-26;1-3-7-12(8-4-1)11-13-9-5-2-6-10-13;;;/h15-16,20,23-24H,11-14,17-19,21-22H2,1-10H3;1-10H;2*1H;/q;;;;+2/p-2. The van der Waals surface area contributed by atoms with E-state index in [9.17, 15) is 0 Å². The number of allylic oxidation sites excluding steroid dienone is 8. The van der Waals surface area contributed by atoms with E-state index in [0.717, 1.165) is 25.7 Å².